The van der Waals surface area contributed by atoms with E-state index in [1.165, 1.54) is 22.3 Å². The zero-order chi connectivity index (χ0) is 28.0. The summed E-state index contributed by atoms with van der Waals surface area (Å²) in [5.74, 6) is 0.698. The minimum absolute atomic E-state index is 0.0534. The van der Waals surface area contributed by atoms with Crippen molar-refractivity contribution in [3.8, 4) is 33.8 Å². The summed E-state index contributed by atoms with van der Waals surface area (Å²) < 4.78 is 2.25. The Morgan fingerprint density at radius 3 is 2.17 bits per heavy atom. The molecule has 1 aliphatic carbocycles. The molecule has 1 aliphatic rings. The molecule has 0 radical (unpaired) electrons. The summed E-state index contributed by atoms with van der Waals surface area (Å²) in [5, 5.41) is 2.14. The number of para-hydroxylation sites is 3. The van der Waals surface area contributed by atoms with Gasteiger partial charge < -0.3 is 0 Å². The molecule has 0 saturated heterocycles. The van der Waals surface area contributed by atoms with Crippen LogP contribution in [-0.2, 0) is 5.41 Å². The minimum Gasteiger partial charge on any atom is -0.290 e. The smallest absolute Gasteiger partial charge is 0.165 e. The lowest BCUT2D eigenvalue weighted by Gasteiger charge is -2.21. The van der Waals surface area contributed by atoms with Crippen LogP contribution in [-0.4, -0.2) is 19.4 Å². The van der Waals surface area contributed by atoms with Crippen LogP contribution in [0.1, 0.15) is 25.0 Å². The Balaban J connectivity index is 1.45. The Labute approximate surface area is 243 Å². The highest BCUT2D eigenvalue weighted by Crippen LogP contribution is 2.50. The van der Waals surface area contributed by atoms with Crippen molar-refractivity contribution in [1.29, 1.82) is 0 Å². The van der Waals surface area contributed by atoms with Crippen molar-refractivity contribution < 1.29 is 0 Å². The zero-order valence-corrected chi connectivity index (χ0v) is 23.3. The van der Waals surface area contributed by atoms with Crippen LogP contribution in [0.2, 0.25) is 0 Å². The molecule has 3 aromatic heterocycles. The van der Waals surface area contributed by atoms with Gasteiger partial charge >= 0.3 is 0 Å². The van der Waals surface area contributed by atoms with Gasteiger partial charge in [0.2, 0.25) is 0 Å². The number of hydrogen-bond donors (Lipinski definition) is 0. The number of fused-ring (bicyclic) bond motifs is 11. The number of nitrogens with zero attached hydrogens (tertiary/aromatic N) is 4. The molecule has 0 aliphatic heterocycles. The van der Waals surface area contributed by atoms with Crippen molar-refractivity contribution in [1.82, 2.24) is 19.4 Å². The van der Waals surface area contributed by atoms with Crippen LogP contribution in [0.5, 0.6) is 0 Å². The summed E-state index contributed by atoms with van der Waals surface area (Å²) in [6.45, 7) is 4.64. The van der Waals surface area contributed by atoms with Crippen molar-refractivity contribution in [2.75, 3.05) is 0 Å². The maximum Gasteiger partial charge on any atom is 0.165 e. The topological polar surface area (TPSA) is 43.1 Å². The van der Waals surface area contributed by atoms with Gasteiger partial charge in [-0.25, -0.2) is 15.0 Å². The van der Waals surface area contributed by atoms with E-state index in [1.54, 1.807) is 0 Å². The summed E-state index contributed by atoms with van der Waals surface area (Å²) in [6, 6.07) is 42.8. The number of rotatable bonds is 2. The van der Waals surface area contributed by atoms with E-state index in [-0.39, 0.29) is 5.41 Å². The first kappa shape index (κ1) is 23.4. The van der Waals surface area contributed by atoms with Gasteiger partial charge in [0.1, 0.15) is 5.52 Å². The molecule has 5 aromatic carbocycles. The molecule has 0 N–H and O–H groups in total. The van der Waals surface area contributed by atoms with Crippen LogP contribution in [0.25, 0.3) is 72.3 Å². The van der Waals surface area contributed by atoms with Crippen molar-refractivity contribution in [2.45, 2.75) is 19.3 Å². The van der Waals surface area contributed by atoms with Crippen LogP contribution in [0.15, 0.2) is 121 Å². The van der Waals surface area contributed by atoms with Crippen molar-refractivity contribution in [3.05, 3.63) is 132 Å². The standard InChI is InChI=1S/C38H26N4/c1-38(2)28-16-8-6-14-25(28)27-22-24(20-21-29(27)38)34-33-26-15-7-10-18-31(26)42-32-19-11-9-17-30(32)39-37(42)35(33)41-36(40-34)23-12-4-3-5-13-23/h3-22H,1-2H3. The first-order chi connectivity index (χ1) is 20.6. The van der Waals surface area contributed by atoms with Gasteiger partial charge in [0.15, 0.2) is 11.5 Å². The van der Waals surface area contributed by atoms with Crippen LogP contribution >= 0.6 is 0 Å². The third-order valence-electron chi connectivity index (χ3n) is 8.98. The van der Waals surface area contributed by atoms with Crippen LogP contribution in [0.4, 0.5) is 0 Å². The second-order valence-corrected chi connectivity index (χ2v) is 11.7. The highest BCUT2D eigenvalue weighted by Gasteiger charge is 2.35. The quantitative estimate of drug-likeness (QED) is 0.206. The van der Waals surface area contributed by atoms with Crippen LogP contribution in [0, 0.1) is 0 Å². The van der Waals surface area contributed by atoms with E-state index < -0.39 is 0 Å². The first-order valence-electron chi connectivity index (χ1n) is 14.4. The fourth-order valence-corrected chi connectivity index (χ4v) is 6.98. The second-order valence-electron chi connectivity index (χ2n) is 11.7. The summed E-state index contributed by atoms with van der Waals surface area (Å²) in [4.78, 5) is 15.7. The molecular weight excluding hydrogens is 512 g/mol. The van der Waals surface area contributed by atoms with Crippen molar-refractivity contribution in [2.24, 2.45) is 0 Å². The van der Waals surface area contributed by atoms with Crippen molar-refractivity contribution >= 4 is 38.5 Å². The van der Waals surface area contributed by atoms with Gasteiger partial charge in [-0.1, -0.05) is 111 Å². The molecule has 3 heterocycles. The Bertz CT molecular complexity index is 2380. The Morgan fingerprint density at radius 2 is 1.29 bits per heavy atom. The van der Waals surface area contributed by atoms with Gasteiger partial charge in [-0.15, -0.1) is 0 Å². The summed E-state index contributed by atoms with van der Waals surface area (Å²) in [7, 11) is 0. The normalized spacial score (nSPS) is 13.7. The molecule has 0 saturated carbocycles. The lowest BCUT2D eigenvalue weighted by atomic mass is 9.82. The molecule has 0 unspecified atom stereocenters. The van der Waals surface area contributed by atoms with E-state index >= 15 is 0 Å². The number of pyridine rings is 1. The third-order valence-corrected chi connectivity index (χ3v) is 8.98. The van der Waals surface area contributed by atoms with E-state index in [9.17, 15) is 0 Å². The van der Waals surface area contributed by atoms with Gasteiger partial charge in [0, 0.05) is 27.3 Å². The first-order valence-corrected chi connectivity index (χ1v) is 14.4. The van der Waals surface area contributed by atoms with Crippen LogP contribution in [0.3, 0.4) is 0 Å². The monoisotopic (exact) mass is 538 g/mol. The molecule has 8 aromatic rings. The number of benzene rings is 5. The van der Waals surface area contributed by atoms with Gasteiger partial charge in [0.05, 0.1) is 22.2 Å². The fraction of sp³-hybridized carbons (Fsp3) is 0.0789. The molecule has 0 bridgehead atoms. The minimum atomic E-state index is -0.0534. The summed E-state index contributed by atoms with van der Waals surface area (Å²) in [5.41, 5.74) is 13.0. The van der Waals surface area contributed by atoms with Crippen LogP contribution < -0.4 is 0 Å². The highest BCUT2D eigenvalue weighted by atomic mass is 15.0. The lowest BCUT2D eigenvalue weighted by Crippen LogP contribution is -2.14. The molecule has 42 heavy (non-hydrogen) atoms. The third kappa shape index (κ3) is 3.09. The lowest BCUT2D eigenvalue weighted by molar-refractivity contribution is 0.660. The number of imidazole rings is 1. The Morgan fingerprint density at radius 1 is 0.571 bits per heavy atom. The molecule has 4 nitrogen and oxygen atoms in total. The Hall–Kier alpha value is -5.35. The molecule has 0 fully saturated rings. The predicted molar refractivity (Wildman–Crippen MR) is 172 cm³/mol. The van der Waals surface area contributed by atoms with E-state index in [0.29, 0.717) is 5.82 Å². The molecular formula is C38H26N4. The van der Waals surface area contributed by atoms with E-state index in [4.69, 9.17) is 15.0 Å². The van der Waals surface area contributed by atoms with Gasteiger partial charge in [-0.3, -0.25) is 4.40 Å². The molecule has 4 heteroatoms. The summed E-state index contributed by atoms with van der Waals surface area (Å²) >= 11 is 0. The SMILES string of the molecule is CC1(C)c2ccccc2-c2cc(-c3nc(-c4ccccc4)nc4c3c3ccccc3n3c5ccccc5nc43)ccc21. The highest BCUT2D eigenvalue weighted by molar-refractivity contribution is 6.17. The number of aromatic nitrogens is 4. The van der Waals surface area contributed by atoms with Gasteiger partial charge in [-0.05, 0) is 46.5 Å². The van der Waals surface area contributed by atoms with E-state index in [2.05, 4.69) is 115 Å². The second kappa shape index (κ2) is 8.34. The summed E-state index contributed by atoms with van der Waals surface area (Å²) in [6.07, 6.45) is 0. The number of hydrogen-bond acceptors (Lipinski definition) is 3. The average Bonchev–Trinajstić information content (AvgIpc) is 3.54. The van der Waals surface area contributed by atoms with E-state index in [0.717, 1.165) is 55.3 Å². The Kier molecular flexibility index (Phi) is 4.64. The maximum absolute atomic E-state index is 5.32. The fourth-order valence-electron chi connectivity index (χ4n) is 6.98. The maximum atomic E-state index is 5.32. The van der Waals surface area contributed by atoms with E-state index in [1.807, 2.05) is 24.3 Å². The predicted octanol–water partition coefficient (Wildman–Crippen LogP) is 9.22. The zero-order valence-electron chi connectivity index (χ0n) is 23.3. The molecule has 198 valence electrons. The molecule has 0 atom stereocenters. The largest absolute Gasteiger partial charge is 0.290 e. The molecule has 9 rings (SSSR count). The average molecular weight is 539 g/mol. The molecule has 0 spiro atoms. The van der Waals surface area contributed by atoms with Gasteiger partial charge in [0.25, 0.3) is 0 Å². The van der Waals surface area contributed by atoms with Gasteiger partial charge in [-0.2, -0.15) is 0 Å². The molecule has 0 amide bonds. The van der Waals surface area contributed by atoms with Crippen molar-refractivity contribution in [3.63, 3.8) is 0 Å².